The number of aliphatic hydroxyl groups excluding tert-OH is 1. The van der Waals surface area contributed by atoms with Gasteiger partial charge in [-0.15, -0.1) is 0 Å². The standard InChI is InChI=1S/C13H22N2O3S/c1-13(2,10-16)9-14-11-6-5-7-12(8-11)19(17,18)15(3)4/h5-8,14,16H,9-10H2,1-4H3. The molecule has 0 spiro atoms. The van der Waals surface area contributed by atoms with Gasteiger partial charge in [-0.05, 0) is 18.2 Å². The van der Waals surface area contributed by atoms with Crippen molar-refractivity contribution in [2.45, 2.75) is 18.7 Å². The maximum absolute atomic E-state index is 12.0. The van der Waals surface area contributed by atoms with Crippen molar-refractivity contribution >= 4 is 15.7 Å². The molecule has 2 N–H and O–H groups in total. The van der Waals surface area contributed by atoms with Crippen LogP contribution in [0.4, 0.5) is 5.69 Å². The summed E-state index contributed by atoms with van der Waals surface area (Å²) in [6.45, 7) is 4.49. The molecule has 0 aromatic heterocycles. The second-order valence-electron chi connectivity index (χ2n) is 5.49. The average molecular weight is 286 g/mol. The van der Waals surface area contributed by atoms with E-state index in [2.05, 4.69) is 5.32 Å². The SMILES string of the molecule is CN(C)S(=O)(=O)c1cccc(NCC(C)(C)CO)c1. The van der Waals surface area contributed by atoms with Crippen molar-refractivity contribution in [3.63, 3.8) is 0 Å². The smallest absolute Gasteiger partial charge is 0.242 e. The Morgan fingerprint density at radius 3 is 2.47 bits per heavy atom. The lowest BCUT2D eigenvalue weighted by molar-refractivity contribution is 0.171. The van der Waals surface area contributed by atoms with E-state index in [1.165, 1.54) is 18.4 Å². The molecule has 6 heteroatoms. The van der Waals surface area contributed by atoms with E-state index in [4.69, 9.17) is 0 Å². The Morgan fingerprint density at radius 1 is 1.32 bits per heavy atom. The van der Waals surface area contributed by atoms with E-state index in [-0.39, 0.29) is 16.9 Å². The first-order chi connectivity index (χ1) is 8.69. The summed E-state index contributed by atoms with van der Waals surface area (Å²) in [7, 11) is -0.406. The number of sulfonamides is 1. The molecule has 0 radical (unpaired) electrons. The van der Waals surface area contributed by atoms with Gasteiger partial charge in [-0.2, -0.15) is 0 Å². The van der Waals surface area contributed by atoms with Gasteiger partial charge < -0.3 is 10.4 Å². The minimum atomic E-state index is -3.41. The number of benzene rings is 1. The Balaban J connectivity index is 2.90. The van der Waals surface area contributed by atoms with Gasteiger partial charge in [0.05, 0.1) is 4.90 Å². The Hall–Kier alpha value is -1.11. The van der Waals surface area contributed by atoms with Crippen LogP contribution >= 0.6 is 0 Å². The third-order valence-corrected chi connectivity index (χ3v) is 4.62. The summed E-state index contributed by atoms with van der Waals surface area (Å²) >= 11 is 0. The van der Waals surface area contributed by atoms with Gasteiger partial charge in [0.25, 0.3) is 0 Å². The van der Waals surface area contributed by atoms with Crippen LogP contribution < -0.4 is 5.32 Å². The van der Waals surface area contributed by atoms with E-state index in [1.807, 2.05) is 19.9 Å². The molecule has 1 aromatic carbocycles. The first-order valence-corrected chi connectivity index (χ1v) is 7.50. The van der Waals surface area contributed by atoms with E-state index in [1.54, 1.807) is 18.2 Å². The van der Waals surface area contributed by atoms with Crippen molar-refractivity contribution in [2.24, 2.45) is 5.41 Å². The molecule has 0 heterocycles. The van der Waals surface area contributed by atoms with Crippen LogP contribution in [0.2, 0.25) is 0 Å². The van der Waals surface area contributed by atoms with Crippen molar-refractivity contribution in [3.05, 3.63) is 24.3 Å². The third-order valence-electron chi connectivity index (χ3n) is 2.81. The second kappa shape index (κ2) is 5.90. The minimum absolute atomic E-state index is 0.0652. The third kappa shape index (κ3) is 4.19. The van der Waals surface area contributed by atoms with Crippen molar-refractivity contribution in [3.8, 4) is 0 Å². The van der Waals surface area contributed by atoms with Crippen LogP contribution in [-0.2, 0) is 10.0 Å². The highest BCUT2D eigenvalue weighted by Crippen LogP contribution is 2.20. The molecule has 0 amide bonds. The van der Waals surface area contributed by atoms with E-state index in [0.717, 1.165) is 5.69 Å². The molecule has 0 saturated heterocycles. The van der Waals surface area contributed by atoms with Gasteiger partial charge in [0.2, 0.25) is 10.0 Å². The highest BCUT2D eigenvalue weighted by Gasteiger charge is 2.19. The van der Waals surface area contributed by atoms with Crippen molar-refractivity contribution in [1.29, 1.82) is 0 Å². The maximum Gasteiger partial charge on any atom is 0.242 e. The van der Waals surface area contributed by atoms with Crippen LogP contribution in [-0.4, -0.2) is 45.1 Å². The molecule has 108 valence electrons. The Morgan fingerprint density at radius 2 is 1.95 bits per heavy atom. The molecule has 0 aliphatic heterocycles. The molecular weight excluding hydrogens is 264 g/mol. The van der Waals surface area contributed by atoms with Crippen LogP contribution in [0.3, 0.4) is 0 Å². The zero-order valence-corrected chi connectivity index (χ0v) is 12.7. The lowest BCUT2D eigenvalue weighted by atomic mass is 9.95. The molecule has 1 aromatic rings. The summed E-state index contributed by atoms with van der Waals surface area (Å²) in [5, 5.41) is 12.3. The van der Waals surface area contributed by atoms with E-state index < -0.39 is 10.0 Å². The van der Waals surface area contributed by atoms with Crippen LogP contribution in [0.5, 0.6) is 0 Å². The van der Waals surface area contributed by atoms with E-state index in [9.17, 15) is 13.5 Å². The van der Waals surface area contributed by atoms with Crippen molar-refractivity contribution in [2.75, 3.05) is 32.6 Å². The van der Waals surface area contributed by atoms with Gasteiger partial charge in [0.1, 0.15) is 0 Å². The quantitative estimate of drug-likeness (QED) is 0.828. The highest BCUT2D eigenvalue weighted by atomic mass is 32.2. The Bertz CT molecular complexity index is 524. The average Bonchev–Trinajstić information content (AvgIpc) is 2.37. The normalized spacial score (nSPS) is 12.7. The van der Waals surface area contributed by atoms with Gasteiger partial charge in [-0.1, -0.05) is 19.9 Å². The molecule has 5 nitrogen and oxygen atoms in total. The molecule has 19 heavy (non-hydrogen) atoms. The Labute approximate surface area is 115 Å². The van der Waals surface area contributed by atoms with Crippen LogP contribution in [0.25, 0.3) is 0 Å². The summed E-state index contributed by atoms with van der Waals surface area (Å²) in [4.78, 5) is 0.254. The maximum atomic E-state index is 12.0. The second-order valence-corrected chi connectivity index (χ2v) is 7.64. The fourth-order valence-electron chi connectivity index (χ4n) is 1.37. The first-order valence-electron chi connectivity index (χ1n) is 6.06. The number of rotatable bonds is 6. The van der Waals surface area contributed by atoms with Gasteiger partial charge >= 0.3 is 0 Å². The van der Waals surface area contributed by atoms with Crippen molar-refractivity contribution in [1.82, 2.24) is 4.31 Å². The summed E-state index contributed by atoms with van der Waals surface area (Å²) in [6, 6.07) is 6.67. The van der Waals surface area contributed by atoms with Gasteiger partial charge in [-0.3, -0.25) is 0 Å². The summed E-state index contributed by atoms with van der Waals surface area (Å²) in [5.41, 5.74) is 0.473. The molecule has 1 rings (SSSR count). The van der Waals surface area contributed by atoms with Crippen LogP contribution in [0.15, 0.2) is 29.2 Å². The lowest BCUT2D eigenvalue weighted by Crippen LogP contribution is -2.27. The van der Waals surface area contributed by atoms with E-state index >= 15 is 0 Å². The number of hydrogen-bond acceptors (Lipinski definition) is 4. The number of anilines is 1. The zero-order valence-electron chi connectivity index (χ0n) is 11.8. The fourth-order valence-corrected chi connectivity index (χ4v) is 2.32. The molecule has 0 bridgehead atoms. The fraction of sp³-hybridized carbons (Fsp3) is 0.538. The summed E-state index contributed by atoms with van der Waals surface area (Å²) in [5.74, 6) is 0. The number of hydrogen-bond donors (Lipinski definition) is 2. The monoisotopic (exact) mass is 286 g/mol. The molecule has 0 saturated carbocycles. The number of aliphatic hydroxyl groups is 1. The van der Waals surface area contributed by atoms with Crippen molar-refractivity contribution < 1.29 is 13.5 Å². The van der Waals surface area contributed by atoms with Crippen LogP contribution in [0, 0.1) is 5.41 Å². The highest BCUT2D eigenvalue weighted by molar-refractivity contribution is 7.89. The summed E-state index contributed by atoms with van der Waals surface area (Å²) < 4.78 is 25.2. The topological polar surface area (TPSA) is 69.6 Å². The largest absolute Gasteiger partial charge is 0.396 e. The predicted octanol–water partition coefficient (Wildman–Crippen LogP) is 1.37. The Kier molecular flexibility index (Phi) is 4.95. The molecule has 0 atom stereocenters. The molecular formula is C13H22N2O3S. The van der Waals surface area contributed by atoms with Gasteiger partial charge in [0.15, 0.2) is 0 Å². The van der Waals surface area contributed by atoms with Gasteiger partial charge in [0, 0.05) is 38.3 Å². The van der Waals surface area contributed by atoms with Gasteiger partial charge in [-0.25, -0.2) is 12.7 Å². The molecule has 0 unspecified atom stereocenters. The first kappa shape index (κ1) is 15.9. The van der Waals surface area contributed by atoms with Crippen LogP contribution in [0.1, 0.15) is 13.8 Å². The number of nitrogens with one attached hydrogen (secondary N) is 1. The number of nitrogens with zero attached hydrogens (tertiary/aromatic N) is 1. The minimum Gasteiger partial charge on any atom is -0.396 e. The predicted molar refractivity (Wildman–Crippen MR) is 76.7 cm³/mol. The summed E-state index contributed by atoms with van der Waals surface area (Å²) in [6.07, 6.45) is 0. The molecule has 0 aliphatic carbocycles. The molecule has 0 fully saturated rings. The molecule has 0 aliphatic rings. The van der Waals surface area contributed by atoms with E-state index in [0.29, 0.717) is 6.54 Å². The lowest BCUT2D eigenvalue weighted by Gasteiger charge is -2.22. The zero-order chi connectivity index (χ0) is 14.7.